The van der Waals surface area contributed by atoms with Crippen molar-refractivity contribution < 1.29 is 0 Å². The Morgan fingerprint density at radius 3 is 1.65 bits per heavy atom. The molecule has 0 bridgehead atoms. The maximum absolute atomic E-state index is 6.38. The third-order valence-electron chi connectivity index (χ3n) is 2.86. The van der Waals surface area contributed by atoms with Crippen LogP contribution in [-0.2, 0) is 0 Å². The highest BCUT2D eigenvalue weighted by Crippen LogP contribution is 2.05. The quantitative estimate of drug-likeness (QED) is 0.438. The second-order valence-electron chi connectivity index (χ2n) is 3.98. The fourth-order valence-corrected chi connectivity index (χ4v) is 2.31. The minimum Gasteiger partial charge on any atom is -0.127 e. The monoisotopic (exact) mass is 240 g/mol. The van der Waals surface area contributed by atoms with E-state index in [1.165, 1.54) is 10.9 Å². The highest BCUT2D eigenvalue weighted by Gasteiger charge is 2.25. The van der Waals surface area contributed by atoms with E-state index < -0.39 is 0 Å². The maximum atomic E-state index is 6.38. The van der Waals surface area contributed by atoms with Crippen LogP contribution < -0.4 is 10.9 Å². The molecule has 0 spiro atoms. The van der Waals surface area contributed by atoms with Crippen LogP contribution in [-0.4, -0.2) is 12.0 Å². The molecule has 0 aliphatic carbocycles. The van der Waals surface area contributed by atoms with E-state index in [0.717, 1.165) is 0 Å². The van der Waals surface area contributed by atoms with Gasteiger partial charge in [0.1, 0.15) is 0 Å². The molecule has 0 amide bonds. The van der Waals surface area contributed by atoms with Gasteiger partial charge in [-0.05, 0) is 0 Å². The molecule has 0 aliphatic heterocycles. The van der Waals surface area contributed by atoms with Crippen molar-refractivity contribution in [2.75, 3.05) is 0 Å². The number of benzene rings is 2. The van der Waals surface area contributed by atoms with E-state index in [4.69, 9.17) is 11.6 Å². The number of alkyl halides is 1. The smallest absolute Gasteiger partial charge is 0.127 e. The fourth-order valence-electron chi connectivity index (χ4n) is 2.02. The highest BCUT2D eigenvalue weighted by molar-refractivity contribution is 6.91. The van der Waals surface area contributed by atoms with Gasteiger partial charge in [0.2, 0.25) is 6.71 Å². The maximum Gasteiger partial charge on any atom is 0.232 e. The van der Waals surface area contributed by atoms with Crippen LogP contribution in [0.25, 0.3) is 0 Å². The summed E-state index contributed by atoms with van der Waals surface area (Å²) >= 11 is 6.38. The topological polar surface area (TPSA) is 0 Å². The molecule has 0 aromatic heterocycles. The van der Waals surface area contributed by atoms with Crippen LogP contribution in [0.15, 0.2) is 73.3 Å². The minimum atomic E-state index is -0.0974. The van der Waals surface area contributed by atoms with E-state index in [1.807, 2.05) is 36.4 Å². The zero-order chi connectivity index (χ0) is 12.1. The molecule has 2 aromatic rings. The molecule has 0 saturated heterocycles. The SMILES string of the molecule is C=CC(Cl)B(c1ccccc1)c1ccccc1. The van der Waals surface area contributed by atoms with Crippen molar-refractivity contribution >= 4 is 29.2 Å². The average Bonchev–Trinajstić information content (AvgIpc) is 2.41. The number of rotatable bonds is 4. The Kier molecular flexibility index (Phi) is 4.05. The van der Waals surface area contributed by atoms with Crippen LogP contribution in [0.2, 0.25) is 0 Å². The first-order chi connectivity index (χ1) is 8.33. The lowest BCUT2D eigenvalue weighted by Gasteiger charge is -2.17. The summed E-state index contributed by atoms with van der Waals surface area (Å²) in [5.41, 5.74) is 2.44. The lowest BCUT2D eigenvalue weighted by atomic mass is 9.38. The van der Waals surface area contributed by atoms with Crippen LogP contribution in [0.5, 0.6) is 0 Å². The van der Waals surface area contributed by atoms with Crippen molar-refractivity contribution in [2.24, 2.45) is 0 Å². The van der Waals surface area contributed by atoms with Crippen molar-refractivity contribution in [1.29, 1.82) is 0 Å². The first kappa shape index (κ1) is 12.0. The molecule has 0 aliphatic rings. The van der Waals surface area contributed by atoms with Crippen LogP contribution in [0.1, 0.15) is 0 Å². The predicted octanol–water partition coefficient (Wildman–Crippen LogP) is 2.63. The zero-order valence-corrected chi connectivity index (χ0v) is 10.3. The van der Waals surface area contributed by atoms with Gasteiger partial charge in [-0.2, -0.15) is 0 Å². The Morgan fingerprint density at radius 1 is 0.882 bits per heavy atom. The van der Waals surface area contributed by atoms with Crippen molar-refractivity contribution in [1.82, 2.24) is 0 Å². The number of hydrogen-bond donors (Lipinski definition) is 0. The van der Waals surface area contributed by atoms with E-state index in [1.54, 1.807) is 6.08 Å². The summed E-state index contributed by atoms with van der Waals surface area (Å²) in [4.78, 5) is 0. The van der Waals surface area contributed by atoms with E-state index >= 15 is 0 Å². The lowest BCUT2D eigenvalue weighted by molar-refractivity contribution is 1.55. The van der Waals surface area contributed by atoms with Gasteiger partial charge in [0.15, 0.2) is 0 Å². The van der Waals surface area contributed by atoms with Gasteiger partial charge in [-0.1, -0.05) is 77.7 Å². The normalized spacial score (nSPS) is 11.8. The molecule has 0 radical (unpaired) electrons. The standard InChI is InChI=1S/C15H14BCl/c1-2-15(17)16(13-9-5-3-6-10-13)14-11-7-4-8-12-14/h2-12,15H,1H2. The summed E-state index contributed by atoms with van der Waals surface area (Å²) in [5.74, 6) is 0. The molecule has 84 valence electrons. The summed E-state index contributed by atoms with van der Waals surface area (Å²) in [5, 5.41) is -0.0974. The van der Waals surface area contributed by atoms with E-state index in [9.17, 15) is 0 Å². The summed E-state index contributed by atoms with van der Waals surface area (Å²) in [7, 11) is 0. The largest absolute Gasteiger partial charge is 0.232 e. The molecular formula is C15H14BCl. The molecule has 2 heteroatoms. The summed E-state index contributed by atoms with van der Waals surface area (Å²) in [6, 6.07) is 20.6. The van der Waals surface area contributed by atoms with Gasteiger partial charge in [0.05, 0.1) is 0 Å². The lowest BCUT2D eigenvalue weighted by Crippen LogP contribution is -2.48. The van der Waals surface area contributed by atoms with Gasteiger partial charge < -0.3 is 0 Å². The third kappa shape index (κ3) is 2.80. The average molecular weight is 241 g/mol. The van der Waals surface area contributed by atoms with Crippen LogP contribution >= 0.6 is 11.6 Å². The molecule has 2 rings (SSSR count). The van der Waals surface area contributed by atoms with Gasteiger partial charge in [-0.15, -0.1) is 18.2 Å². The molecule has 0 saturated carbocycles. The Balaban J connectivity index is 2.43. The van der Waals surface area contributed by atoms with E-state index in [-0.39, 0.29) is 12.0 Å². The Morgan fingerprint density at radius 2 is 1.29 bits per heavy atom. The van der Waals surface area contributed by atoms with Gasteiger partial charge in [0, 0.05) is 5.28 Å². The van der Waals surface area contributed by atoms with Crippen molar-refractivity contribution in [3.05, 3.63) is 73.3 Å². The number of allylic oxidation sites excluding steroid dienone is 1. The summed E-state index contributed by atoms with van der Waals surface area (Å²) < 4.78 is 0. The van der Waals surface area contributed by atoms with Crippen molar-refractivity contribution in [2.45, 2.75) is 5.28 Å². The molecule has 0 N–H and O–H groups in total. The van der Waals surface area contributed by atoms with Crippen LogP contribution in [0.4, 0.5) is 0 Å². The van der Waals surface area contributed by atoms with Gasteiger partial charge in [-0.25, -0.2) is 0 Å². The predicted molar refractivity (Wildman–Crippen MR) is 77.7 cm³/mol. The minimum absolute atomic E-state index is 0.0974. The molecule has 0 fully saturated rings. The second-order valence-corrected chi connectivity index (χ2v) is 4.48. The molecule has 2 aromatic carbocycles. The molecule has 1 atom stereocenters. The van der Waals surface area contributed by atoms with Gasteiger partial charge in [-0.3, -0.25) is 0 Å². The van der Waals surface area contributed by atoms with Gasteiger partial charge >= 0.3 is 0 Å². The molecular weight excluding hydrogens is 226 g/mol. The Labute approximate surface area is 108 Å². The number of halogens is 1. The highest BCUT2D eigenvalue weighted by atomic mass is 35.5. The zero-order valence-electron chi connectivity index (χ0n) is 9.59. The van der Waals surface area contributed by atoms with Crippen LogP contribution in [0.3, 0.4) is 0 Å². The summed E-state index contributed by atoms with van der Waals surface area (Å²) in [6.07, 6.45) is 1.80. The van der Waals surface area contributed by atoms with Crippen LogP contribution in [0, 0.1) is 0 Å². The van der Waals surface area contributed by atoms with Crippen molar-refractivity contribution in [3.63, 3.8) is 0 Å². The first-order valence-electron chi connectivity index (χ1n) is 5.69. The molecule has 0 nitrogen and oxygen atoms in total. The fraction of sp³-hybridized carbons (Fsp3) is 0.0667. The molecule has 0 heterocycles. The van der Waals surface area contributed by atoms with E-state index in [0.29, 0.717) is 0 Å². The Bertz CT molecular complexity index is 427. The molecule has 1 unspecified atom stereocenters. The number of hydrogen-bond acceptors (Lipinski definition) is 0. The van der Waals surface area contributed by atoms with Gasteiger partial charge in [0.25, 0.3) is 0 Å². The Hall–Kier alpha value is -1.47. The first-order valence-corrected chi connectivity index (χ1v) is 6.13. The second kappa shape index (κ2) is 5.74. The molecule has 17 heavy (non-hydrogen) atoms. The summed E-state index contributed by atoms with van der Waals surface area (Å²) in [6.45, 7) is 3.96. The van der Waals surface area contributed by atoms with E-state index in [2.05, 4.69) is 30.8 Å². The third-order valence-corrected chi connectivity index (χ3v) is 3.29. The van der Waals surface area contributed by atoms with Crippen molar-refractivity contribution in [3.8, 4) is 0 Å².